The molecule has 5 heteroatoms. The van der Waals surface area contributed by atoms with E-state index in [0.717, 1.165) is 42.9 Å². The van der Waals surface area contributed by atoms with Gasteiger partial charge in [0.05, 0.1) is 11.7 Å². The number of aliphatic hydroxyl groups excluding tert-OH is 1. The third-order valence-electron chi connectivity index (χ3n) is 5.91. The Morgan fingerprint density at radius 1 is 1.35 bits per heavy atom. The van der Waals surface area contributed by atoms with Gasteiger partial charge in [0, 0.05) is 25.2 Å². The fourth-order valence-corrected chi connectivity index (χ4v) is 4.11. The molecule has 1 unspecified atom stereocenters. The molecule has 1 aromatic rings. The van der Waals surface area contributed by atoms with Crippen LogP contribution >= 0.6 is 0 Å². The minimum absolute atomic E-state index is 0.250. The second kappa shape index (κ2) is 5.58. The highest BCUT2D eigenvalue weighted by Crippen LogP contribution is 2.36. The third-order valence-corrected chi connectivity index (χ3v) is 5.91. The molecule has 5 nitrogen and oxygen atoms in total. The standard InChI is InChI=1S/C18H24N2O3/c1-12-13(2-3-14-15(12)9-23-17(14)22)16(21)8-20-6-4-18(5-7-20)10-19-11-18/h2-3,16,19,21H,4-11H2,1H3. The molecular formula is C18H24N2O3. The molecular weight excluding hydrogens is 292 g/mol. The first kappa shape index (κ1) is 15.1. The maximum Gasteiger partial charge on any atom is 0.338 e. The van der Waals surface area contributed by atoms with E-state index < -0.39 is 6.10 Å². The van der Waals surface area contributed by atoms with Gasteiger partial charge in [-0.3, -0.25) is 0 Å². The van der Waals surface area contributed by atoms with E-state index in [1.54, 1.807) is 6.07 Å². The fraction of sp³-hybridized carbons (Fsp3) is 0.611. The van der Waals surface area contributed by atoms with Crippen molar-refractivity contribution >= 4 is 5.97 Å². The Morgan fingerprint density at radius 2 is 2.09 bits per heavy atom. The molecule has 2 fully saturated rings. The van der Waals surface area contributed by atoms with E-state index in [1.807, 2.05) is 13.0 Å². The highest BCUT2D eigenvalue weighted by Gasteiger charge is 2.39. The lowest BCUT2D eigenvalue weighted by Crippen LogP contribution is -2.58. The van der Waals surface area contributed by atoms with Gasteiger partial charge >= 0.3 is 5.97 Å². The van der Waals surface area contributed by atoms with Crippen LogP contribution in [0.25, 0.3) is 0 Å². The van der Waals surface area contributed by atoms with E-state index in [2.05, 4.69) is 10.2 Å². The Morgan fingerprint density at radius 3 is 2.74 bits per heavy atom. The molecule has 3 aliphatic rings. The predicted molar refractivity (Wildman–Crippen MR) is 86.2 cm³/mol. The van der Waals surface area contributed by atoms with Gasteiger partial charge in [-0.1, -0.05) is 6.07 Å². The van der Waals surface area contributed by atoms with Crippen molar-refractivity contribution in [2.45, 2.75) is 32.5 Å². The monoisotopic (exact) mass is 316 g/mol. The van der Waals surface area contributed by atoms with Crippen LogP contribution in [-0.2, 0) is 11.3 Å². The molecule has 124 valence electrons. The summed E-state index contributed by atoms with van der Waals surface area (Å²) in [6, 6.07) is 3.67. The topological polar surface area (TPSA) is 61.8 Å². The molecule has 0 saturated carbocycles. The lowest BCUT2D eigenvalue weighted by atomic mass is 9.73. The number of carbonyl (C=O) groups is 1. The Balaban J connectivity index is 1.43. The van der Waals surface area contributed by atoms with Crippen molar-refractivity contribution in [1.82, 2.24) is 10.2 Å². The highest BCUT2D eigenvalue weighted by molar-refractivity contribution is 5.93. The smallest absolute Gasteiger partial charge is 0.338 e. The average molecular weight is 316 g/mol. The summed E-state index contributed by atoms with van der Waals surface area (Å²) < 4.78 is 5.09. The Hall–Kier alpha value is -1.43. The average Bonchev–Trinajstić information content (AvgIpc) is 2.89. The van der Waals surface area contributed by atoms with E-state index in [4.69, 9.17) is 4.74 Å². The van der Waals surface area contributed by atoms with Gasteiger partial charge in [-0.15, -0.1) is 0 Å². The summed E-state index contributed by atoms with van der Waals surface area (Å²) in [6.07, 6.45) is 1.93. The fourth-order valence-electron chi connectivity index (χ4n) is 4.11. The zero-order valence-electron chi connectivity index (χ0n) is 13.6. The number of fused-ring (bicyclic) bond motifs is 1. The first-order chi connectivity index (χ1) is 11.1. The number of β-amino-alcohol motifs (C(OH)–C–C–N with tert-alkyl or cyclic N) is 1. The van der Waals surface area contributed by atoms with Gasteiger partial charge < -0.3 is 20.1 Å². The van der Waals surface area contributed by atoms with E-state index in [-0.39, 0.29) is 5.97 Å². The first-order valence-electron chi connectivity index (χ1n) is 8.49. The number of nitrogens with zero attached hydrogens (tertiary/aromatic N) is 1. The number of aliphatic hydroxyl groups is 1. The molecule has 0 bridgehead atoms. The van der Waals surface area contributed by atoms with Gasteiger partial charge in [0.2, 0.25) is 0 Å². The molecule has 1 atom stereocenters. The van der Waals surface area contributed by atoms with Gasteiger partial charge in [0.1, 0.15) is 6.61 Å². The number of nitrogens with one attached hydrogen (secondary N) is 1. The second-order valence-electron chi connectivity index (χ2n) is 7.30. The molecule has 1 aromatic carbocycles. The molecule has 1 spiro atoms. The molecule has 4 rings (SSSR count). The van der Waals surface area contributed by atoms with Crippen molar-refractivity contribution in [3.05, 3.63) is 34.4 Å². The van der Waals surface area contributed by atoms with Crippen molar-refractivity contribution in [2.75, 3.05) is 32.7 Å². The van der Waals surface area contributed by atoms with Crippen LogP contribution in [0.1, 0.15) is 46.0 Å². The van der Waals surface area contributed by atoms with E-state index in [1.165, 1.54) is 12.8 Å². The predicted octanol–water partition coefficient (Wildman–Crippen LogP) is 1.38. The molecule has 0 aromatic heterocycles. The van der Waals surface area contributed by atoms with E-state index in [0.29, 0.717) is 24.1 Å². The molecule has 0 amide bonds. The van der Waals surface area contributed by atoms with Gasteiger partial charge in [-0.05, 0) is 55.5 Å². The van der Waals surface area contributed by atoms with Crippen molar-refractivity contribution in [1.29, 1.82) is 0 Å². The zero-order chi connectivity index (χ0) is 16.0. The molecule has 0 aliphatic carbocycles. The summed E-state index contributed by atoms with van der Waals surface area (Å²) in [5.74, 6) is -0.250. The van der Waals surface area contributed by atoms with Crippen LogP contribution in [-0.4, -0.2) is 48.7 Å². The quantitative estimate of drug-likeness (QED) is 0.825. The van der Waals surface area contributed by atoms with Gasteiger partial charge in [-0.2, -0.15) is 0 Å². The minimum atomic E-state index is -0.510. The van der Waals surface area contributed by atoms with Crippen LogP contribution in [0.4, 0.5) is 0 Å². The zero-order valence-corrected chi connectivity index (χ0v) is 13.6. The molecule has 2 N–H and O–H groups in total. The van der Waals surface area contributed by atoms with Crippen LogP contribution in [0.2, 0.25) is 0 Å². The van der Waals surface area contributed by atoms with Crippen LogP contribution in [0.5, 0.6) is 0 Å². The third kappa shape index (κ3) is 2.57. The number of benzene rings is 1. The van der Waals surface area contributed by atoms with Crippen LogP contribution in [0.3, 0.4) is 0 Å². The second-order valence-corrected chi connectivity index (χ2v) is 7.30. The number of esters is 1. The summed E-state index contributed by atoms with van der Waals surface area (Å²) in [7, 11) is 0. The number of piperidine rings is 1. The van der Waals surface area contributed by atoms with Crippen LogP contribution < -0.4 is 5.32 Å². The highest BCUT2D eigenvalue weighted by atomic mass is 16.5. The largest absolute Gasteiger partial charge is 0.457 e. The number of cyclic esters (lactones) is 1. The summed E-state index contributed by atoms with van der Waals surface area (Å²) in [5, 5.41) is 14.1. The minimum Gasteiger partial charge on any atom is -0.457 e. The Kier molecular flexibility index (Phi) is 3.67. The summed E-state index contributed by atoms with van der Waals surface area (Å²) in [6.45, 7) is 7.40. The van der Waals surface area contributed by atoms with Gasteiger partial charge in [0.25, 0.3) is 0 Å². The first-order valence-corrected chi connectivity index (χ1v) is 8.49. The SMILES string of the molecule is Cc1c(C(O)CN2CCC3(CC2)CNC3)ccc2c1COC2=O. The maximum absolute atomic E-state index is 11.6. The van der Waals surface area contributed by atoms with Gasteiger partial charge in [-0.25, -0.2) is 4.79 Å². The van der Waals surface area contributed by atoms with Crippen molar-refractivity contribution in [3.8, 4) is 0 Å². The number of hydrogen-bond donors (Lipinski definition) is 2. The summed E-state index contributed by atoms with van der Waals surface area (Å²) >= 11 is 0. The Bertz CT molecular complexity index is 629. The number of likely N-dealkylation sites (tertiary alicyclic amines) is 1. The molecule has 23 heavy (non-hydrogen) atoms. The maximum atomic E-state index is 11.6. The summed E-state index contributed by atoms with van der Waals surface area (Å²) in [5.41, 5.74) is 4.04. The lowest BCUT2D eigenvalue weighted by molar-refractivity contribution is 0.0296. The van der Waals surface area contributed by atoms with Crippen molar-refractivity contribution in [2.24, 2.45) is 5.41 Å². The van der Waals surface area contributed by atoms with E-state index in [9.17, 15) is 9.90 Å². The number of rotatable bonds is 3. The summed E-state index contributed by atoms with van der Waals surface area (Å²) in [4.78, 5) is 14.0. The number of hydrogen-bond acceptors (Lipinski definition) is 5. The number of ether oxygens (including phenoxy) is 1. The normalized spacial score (nSPS) is 24.2. The van der Waals surface area contributed by atoms with Crippen molar-refractivity contribution in [3.63, 3.8) is 0 Å². The molecule has 3 heterocycles. The Labute approximate surface area is 136 Å². The molecule has 3 aliphatic heterocycles. The van der Waals surface area contributed by atoms with E-state index >= 15 is 0 Å². The lowest BCUT2D eigenvalue weighted by Gasteiger charge is -2.48. The molecule has 2 saturated heterocycles. The van der Waals surface area contributed by atoms with Crippen LogP contribution in [0.15, 0.2) is 12.1 Å². The van der Waals surface area contributed by atoms with Crippen LogP contribution in [0, 0.1) is 12.3 Å². The number of carbonyl (C=O) groups excluding carboxylic acids is 1. The van der Waals surface area contributed by atoms with Crippen molar-refractivity contribution < 1.29 is 14.6 Å². The van der Waals surface area contributed by atoms with Gasteiger partial charge in [0.15, 0.2) is 0 Å². The molecule has 0 radical (unpaired) electrons.